The average molecular weight is 528 g/mol. The smallest absolute Gasteiger partial charge is 0.296 e. The van der Waals surface area contributed by atoms with Crippen molar-refractivity contribution in [2.75, 3.05) is 20.7 Å². The van der Waals surface area contributed by atoms with Crippen molar-refractivity contribution >= 4 is 27.2 Å². The molecule has 1 heterocycles. The molecule has 0 unspecified atom stereocenters. The van der Waals surface area contributed by atoms with Gasteiger partial charge in [-0.2, -0.15) is 0 Å². The molecule has 0 bridgehead atoms. The van der Waals surface area contributed by atoms with E-state index in [1.807, 2.05) is 12.1 Å². The highest BCUT2D eigenvalue weighted by Gasteiger charge is 2.58. The number of carbonyl (C=O) groups excluding carboxylic acids is 1. The van der Waals surface area contributed by atoms with Gasteiger partial charge in [-0.25, -0.2) is 12.7 Å². The molecule has 0 fully saturated rings. The van der Waals surface area contributed by atoms with Crippen LogP contribution in [0.5, 0.6) is 11.5 Å². The Morgan fingerprint density at radius 2 is 1.92 bits per heavy atom. The minimum atomic E-state index is -4.42. The van der Waals surface area contributed by atoms with Gasteiger partial charge < -0.3 is 9.47 Å². The molecule has 12 nitrogen and oxygen atoms in total. The van der Waals surface area contributed by atoms with Gasteiger partial charge in [-0.1, -0.05) is 18.2 Å². The topological polar surface area (TPSA) is 159 Å². The predicted molar refractivity (Wildman–Crippen MR) is 129 cm³/mol. The molecule has 0 N–H and O–H groups in total. The molecule has 2 aromatic rings. The highest BCUT2D eigenvalue weighted by molar-refractivity contribution is 7.89. The quantitative estimate of drug-likeness (QED) is 0.371. The fourth-order valence-corrected chi connectivity index (χ4v) is 6.67. The molecular weight excluding hydrogens is 506 g/mol. The number of sulfonamides is 1. The summed E-state index contributed by atoms with van der Waals surface area (Å²) in [5.74, 6) is 0.646. The Balaban J connectivity index is 1.54. The molecule has 0 saturated carbocycles. The van der Waals surface area contributed by atoms with Crippen LogP contribution in [0.1, 0.15) is 17.5 Å². The number of nitro groups is 2. The summed E-state index contributed by atoms with van der Waals surface area (Å²) in [6.45, 7) is -0.120. The van der Waals surface area contributed by atoms with E-state index in [1.54, 1.807) is 12.1 Å². The van der Waals surface area contributed by atoms with Gasteiger partial charge in [-0.05, 0) is 42.2 Å². The summed E-state index contributed by atoms with van der Waals surface area (Å²) >= 11 is 0. The van der Waals surface area contributed by atoms with Crippen molar-refractivity contribution in [3.8, 4) is 11.5 Å². The number of methoxy groups -OCH3 is 1. The van der Waals surface area contributed by atoms with Crippen LogP contribution in [0.4, 0.5) is 11.4 Å². The molecule has 3 aliphatic rings. The zero-order chi connectivity index (χ0) is 26.7. The number of hydrogen-bond donors (Lipinski definition) is 0. The van der Waals surface area contributed by atoms with Gasteiger partial charge in [0.25, 0.3) is 11.4 Å². The molecule has 0 spiro atoms. The van der Waals surface area contributed by atoms with Crippen LogP contribution < -0.4 is 9.47 Å². The normalized spacial score (nSPS) is 21.3. The van der Waals surface area contributed by atoms with Crippen LogP contribution >= 0.6 is 0 Å². The predicted octanol–water partition coefficient (Wildman–Crippen LogP) is 2.84. The first-order valence-corrected chi connectivity index (χ1v) is 12.6. The lowest BCUT2D eigenvalue weighted by Gasteiger charge is -2.40. The summed E-state index contributed by atoms with van der Waals surface area (Å²) < 4.78 is 39.3. The highest BCUT2D eigenvalue weighted by Crippen LogP contribution is 2.58. The summed E-state index contributed by atoms with van der Waals surface area (Å²) in [6, 6.07) is 6.05. The van der Waals surface area contributed by atoms with E-state index in [4.69, 9.17) is 9.47 Å². The van der Waals surface area contributed by atoms with Crippen molar-refractivity contribution in [1.29, 1.82) is 0 Å². The number of non-ortho nitro benzene ring substituents is 1. The minimum absolute atomic E-state index is 0.120. The van der Waals surface area contributed by atoms with E-state index in [0.717, 1.165) is 33.1 Å². The molecule has 0 radical (unpaired) electrons. The number of rotatable bonds is 8. The van der Waals surface area contributed by atoms with Gasteiger partial charge in [0.05, 0.1) is 28.4 Å². The summed E-state index contributed by atoms with van der Waals surface area (Å²) in [5, 5.41) is 22.6. The maximum absolute atomic E-state index is 13.4. The number of ether oxygens (including phenoxy) is 2. The molecule has 2 aromatic carbocycles. The Bertz CT molecular complexity index is 1550. The number of carbonyl (C=O) groups is 1. The largest absolute Gasteiger partial charge is 0.493 e. The molecule has 2 atom stereocenters. The van der Waals surface area contributed by atoms with Crippen LogP contribution in [-0.2, 0) is 26.7 Å². The summed E-state index contributed by atoms with van der Waals surface area (Å²) in [7, 11) is -1.66. The maximum Gasteiger partial charge on any atom is 0.296 e. The molecule has 0 aromatic heterocycles. The van der Waals surface area contributed by atoms with Gasteiger partial charge in [-0.15, -0.1) is 0 Å². The van der Waals surface area contributed by atoms with E-state index >= 15 is 0 Å². The number of benzene rings is 2. The fourth-order valence-electron chi connectivity index (χ4n) is 5.37. The minimum Gasteiger partial charge on any atom is -0.493 e. The molecule has 0 saturated heterocycles. The lowest BCUT2D eigenvalue weighted by atomic mass is 9.61. The van der Waals surface area contributed by atoms with Crippen molar-refractivity contribution in [2.24, 2.45) is 0 Å². The molecule has 5 rings (SSSR count). The molecular formula is C24H21N3O9S. The third-order valence-electron chi connectivity index (χ3n) is 7.16. The molecule has 2 aliphatic carbocycles. The van der Waals surface area contributed by atoms with E-state index in [0.29, 0.717) is 24.0 Å². The molecule has 37 heavy (non-hydrogen) atoms. The van der Waals surface area contributed by atoms with Gasteiger partial charge in [0.15, 0.2) is 28.3 Å². The number of nitrogens with zero attached hydrogens (tertiary/aromatic N) is 3. The van der Waals surface area contributed by atoms with Gasteiger partial charge in [0.1, 0.15) is 0 Å². The van der Waals surface area contributed by atoms with Gasteiger partial charge in [0, 0.05) is 25.2 Å². The first-order valence-electron chi connectivity index (χ1n) is 11.2. The van der Waals surface area contributed by atoms with Gasteiger partial charge >= 0.3 is 0 Å². The second kappa shape index (κ2) is 8.49. The second-order valence-electron chi connectivity index (χ2n) is 8.94. The van der Waals surface area contributed by atoms with E-state index < -0.39 is 47.7 Å². The summed E-state index contributed by atoms with van der Waals surface area (Å²) in [6.07, 6.45) is 4.97. The maximum atomic E-state index is 13.4. The number of ketones is 1. The van der Waals surface area contributed by atoms with E-state index in [-0.39, 0.29) is 18.7 Å². The van der Waals surface area contributed by atoms with Crippen molar-refractivity contribution in [3.63, 3.8) is 0 Å². The SMILES string of the molecule is COc1ccc2c3c1O[C@H]1C(=O)C=CC(=CC2)[C@@]31CCN(C)S(=O)(=O)c1ccc([N+](=O)[O-])cc1[N+](=O)[O-]. The Kier molecular flexibility index (Phi) is 5.64. The Morgan fingerprint density at radius 1 is 1.16 bits per heavy atom. The van der Waals surface area contributed by atoms with Crippen LogP contribution in [0, 0.1) is 20.2 Å². The highest BCUT2D eigenvalue weighted by atomic mass is 32.2. The Morgan fingerprint density at radius 3 is 2.59 bits per heavy atom. The van der Waals surface area contributed by atoms with Gasteiger partial charge in [0.2, 0.25) is 10.0 Å². The molecule has 192 valence electrons. The third-order valence-corrected chi connectivity index (χ3v) is 9.06. The Labute approximate surface area is 211 Å². The average Bonchev–Trinajstić information content (AvgIpc) is 3.24. The van der Waals surface area contributed by atoms with Crippen molar-refractivity contribution < 1.29 is 32.5 Å². The van der Waals surface area contributed by atoms with E-state index in [9.17, 15) is 33.4 Å². The molecule has 0 amide bonds. The van der Waals surface area contributed by atoms with Crippen molar-refractivity contribution in [1.82, 2.24) is 4.31 Å². The van der Waals surface area contributed by atoms with E-state index in [1.165, 1.54) is 20.2 Å². The fraction of sp³-hybridized carbons (Fsp3) is 0.292. The zero-order valence-corrected chi connectivity index (χ0v) is 20.6. The van der Waals surface area contributed by atoms with Crippen LogP contribution in [-0.4, -0.2) is 55.2 Å². The molecule has 1 aliphatic heterocycles. The third kappa shape index (κ3) is 3.53. The van der Waals surface area contributed by atoms with Crippen LogP contribution in [0.15, 0.2) is 59.0 Å². The van der Waals surface area contributed by atoms with Crippen LogP contribution in [0.25, 0.3) is 0 Å². The molecule has 13 heteroatoms. The number of allylic oxidation sites excluding steroid dienone is 2. The van der Waals surface area contributed by atoms with Gasteiger partial charge in [-0.3, -0.25) is 25.0 Å². The van der Waals surface area contributed by atoms with Crippen molar-refractivity contribution in [2.45, 2.75) is 29.3 Å². The summed E-state index contributed by atoms with van der Waals surface area (Å²) in [5.41, 5.74) is 0.0791. The lowest BCUT2D eigenvalue weighted by Crippen LogP contribution is -2.49. The van der Waals surface area contributed by atoms with Crippen LogP contribution in [0.2, 0.25) is 0 Å². The van der Waals surface area contributed by atoms with Crippen LogP contribution in [0.3, 0.4) is 0 Å². The first-order chi connectivity index (χ1) is 17.5. The van der Waals surface area contributed by atoms with Crippen molar-refractivity contribution in [3.05, 3.63) is 85.5 Å². The first kappa shape index (κ1) is 24.6. The zero-order valence-electron chi connectivity index (χ0n) is 19.7. The lowest BCUT2D eigenvalue weighted by molar-refractivity contribution is -0.396. The van der Waals surface area contributed by atoms with E-state index in [2.05, 4.69) is 0 Å². The Hall–Kier alpha value is -4.10. The monoisotopic (exact) mass is 527 g/mol. The number of hydrogen-bond acceptors (Lipinski definition) is 9. The second-order valence-corrected chi connectivity index (χ2v) is 11.0. The summed E-state index contributed by atoms with van der Waals surface area (Å²) in [4.78, 5) is 33.1. The number of nitro benzene ring substituents is 2. The standard InChI is InChI=1S/C24H21N3O9S/c1-25(37(33,34)20-10-7-16(26(29)30)13-17(20)27(31)32)12-11-24-15-5-3-14-4-9-19(35-2)22(21(14)24)36-23(24)18(28)8-6-15/h4-10,13,23H,3,11-12H2,1-2H3/t23-,24-/m0/s1.